The van der Waals surface area contributed by atoms with Gasteiger partial charge in [-0.2, -0.15) is 0 Å². The lowest BCUT2D eigenvalue weighted by Gasteiger charge is -2.11. The molecule has 1 amide bonds. The molecule has 0 saturated heterocycles. The van der Waals surface area contributed by atoms with Crippen LogP contribution in [0.2, 0.25) is 10.0 Å². The second-order valence-electron chi connectivity index (χ2n) is 4.27. The van der Waals surface area contributed by atoms with Crippen LogP contribution in [-0.4, -0.2) is 5.91 Å². The van der Waals surface area contributed by atoms with Gasteiger partial charge in [-0.25, -0.2) is 0 Å². The number of aryl methyl sites for hydroxylation is 1. The number of anilines is 2. The number of nitrogens with two attached hydrogens (primary N) is 1. The summed E-state index contributed by atoms with van der Waals surface area (Å²) in [6, 6.07) is 10.2. The van der Waals surface area contributed by atoms with Crippen molar-refractivity contribution >= 4 is 40.5 Å². The Kier molecular flexibility index (Phi) is 4.49. The molecule has 2 aromatic rings. The SMILES string of the molecule is Cc1ccc(NC(=O)c2cc(Cl)ccc2NN)c(Cl)c1. The third-order valence-electron chi connectivity index (χ3n) is 2.75. The number of halogens is 2. The van der Waals surface area contributed by atoms with Crippen molar-refractivity contribution in [2.45, 2.75) is 6.92 Å². The Hall–Kier alpha value is -1.75. The zero-order chi connectivity index (χ0) is 14.7. The summed E-state index contributed by atoms with van der Waals surface area (Å²) in [5, 5.41) is 3.65. The third kappa shape index (κ3) is 3.22. The second kappa shape index (κ2) is 6.13. The van der Waals surface area contributed by atoms with Gasteiger partial charge in [0.25, 0.3) is 5.91 Å². The first-order valence-electron chi connectivity index (χ1n) is 5.85. The van der Waals surface area contributed by atoms with Crippen LogP contribution in [0.5, 0.6) is 0 Å². The third-order valence-corrected chi connectivity index (χ3v) is 3.30. The van der Waals surface area contributed by atoms with Crippen molar-refractivity contribution in [1.82, 2.24) is 0 Å². The summed E-state index contributed by atoms with van der Waals surface area (Å²) >= 11 is 12.0. The molecule has 0 saturated carbocycles. The Morgan fingerprint density at radius 3 is 2.45 bits per heavy atom. The van der Waals surface area contributed by atoms with E-state index in [1.165, 1.54) is 6.07 Å². The molecule has 4 nitrogen and oxygen atoms in total. The molecule has 4 N–H and O–H groups in total. The van der Waals surface area contributed by atoms with Crippen molar-refractivity contribution in [3.63, 3.8) is 0 Å². The van der Waals surface area contributed by atoms with E-state index in [-0.39, 0.29) is 5.91 Å². The average Bonchev–Trinajstić information content (AvgIpc) is 2.41. The predicted octanol–water partition coefficient (Wildman–Crippen LogP) is 3.84. The molecule has 2 aromatic carbocycles. The van der Waals surface area contributed by atoms with Crippen LogP contribution >= 0.6 is 23.2 Å². The molecule has 0 aliphatic heterocycles. The van der Waals surface area contributed by atoms with Gasteiger partial charge in [-0.1, -0.05) is 29.3 Å². The molecule has 0 heterocycles. The number of nitrogen functional groups attached to an aromatic ring is 1. The topological polar surface area (TPSA) is 67.2 Å². The van der Waals surface area contributed by atoms with Gasteiger partial charge in [0.2, 0.25) is 0 Å². The molecule has 0 aromatic heterocycles. The Bertz CT molecular complexity index is 659. The highest BCUT2D eigenvalue weighted by Gasteiger charge is 2.13. The fourth-order valence-electron chi connectivity index (χ4n) is 1.74. The van der Waals surface area contributed by atoms with Crippen LogP contribution < -0.4 is 16.6 Å². The molecule has 2 rings (SSSR count). The molecule has 0 unspecified atom stereocenters. The number of benzene rings is 2. The van der Waals surface area contributed by atoms with E-state index >= 15 is 0 Å². The van der Waals surface area contributed by atoms with Gasteiger partial charge in [0.1, 0.15) is 0 Å². The summed E-state index contributed by atoms with van der Waals surface area (Å²) in [5.41, 5.74) is 4.83. The van der Waals surface area contributed by atoms with Crippen molar-refractivity contribution < 1.29 is 4.79 Å². The summed E-state index contributed by atoms with van der Waals surface area (Å²) in [4.78, 5) is 12.3. The molecule has 0 fully saturated rings. The number of amides is 1. The maximum absolute atomic E-state index is 12.3. The zero-order valence-electron chi connectivity index (χ0n) is 10.7. The highest BCUT2D eigenvalue weighted by molar-refractivity contribution is 6.34. The van der Waals surface area contributed by atoms with E-state index in [1.807, 2.05) is 13.0 Å². The van der Waals surface area contributed by atoms with Gasteiger partial charge in [0, 0.05) is 5.02 Å². The maximum atomic E-state index is 12.3. The van der Waals surface area contributed by atoms with Gasteiger partial charge in [-0.05, 0) is 42.8 Å². The van der Waals surface area contributed by atoms with E-state index < -0.39 is 0 Å². The van der Waals surface area contributed by atoms with Gasteiger partial charge in [-0.3, -0.25) is 10.6 Å². The van der Waals surface area contributed by atoms with Crippen molar-refractivity contribution in [2.24, 2.45) is 5.84 Å². The minimum Gasteiger partial charge on any atom is -0.323 e. The van der Waals surface area contributed by atoms with Crippen molar-refractivity contribution in [2.75, 3.05) is 10.7 Å². The smallest absolute Gasteiger partial charge is 0.257 e. The van der Waals surface area contributed by atoms with Crippen LogP contribution in [-0.2, 0) is 0 Å². The molecule has 6 heteroatoms. The molecule has 0 aliphatic carbocycles. The normalized spacial score (nSPS) is 10.2. The van der Waals surface area contributed by atoms with E-state index in [4.69, 9.17) is 29.0 Å². The largest absolute Gasteiger partial charge is 0.323 e. The minimum atomic E-state index is -0.341. The van der Waals surface area contributed by atoms with E-state index in [9.17, 15) is 4.79 Å². The van der Waals surface area contributed by atoms with E-state index in [0.717, 1.165) is 5.56 Å². The highest BCUT2D eigenvalue weighted by atomic mass is 35.5. The highest BCUT2D eigenvalue weighted by Crippen LogP contribution is 2.25. The number of carbonyl (C=O) groups excluding carboxylic acids is 1. The van der Waals surface area contributed by atoms with Gasteiger partial charge < -0.3 is 10.7 Å². The average molecular weight is 310 g/mol. The number of hydrogen-bond acceptors (Lipinski definition) is 3. The molecule has 0 aliphatic rings. The Labute approximate surface area is 126 Å². The Morgan fingerprint density at radius 2 is 1.80 bits per heavy atom. The summed E-state index contributed by atoms with van der Waals surface area (Å²) in [7, 11) is 0. The number of hydrazine groups is 1. The quantitative estimate of drug-likeness (QED) is 0.596. The fraction of sp³-hybridized carbons (Fsp3) is 0.0714. The van der Waals surface area contributed by atoms with Crippen LogP contribution in [0.4, 0.5) is 11.4 Å². The van der Waals surface area contributed by atoms with Crippen LogP contribution in [0.3, 0.4) is 0 Å². The summed E-state index contributed by atoms with van der Waals surface area (Å²) in [6.45, 7) is 1.92. The van der Waals surface area contributed by atoms with Crippen molar-refractivity contribution in [1.29, 1.82) is 0 Å². The molecule has 0 radical (unpaired) electrons. The van der Waals surface area contributed by atoms with Crippen LogP contribution in [0.1, 0.15) is 15.9 Å². The van der Waals surface area contributed by atoms with E-state index in [0.29, 0.717) is 27.0 Å². The Morgan fingerprint density at radius 1 is 1.10 bits per heavy atom. The van der Waals surface area contributed by atoms with Gasteiger partial charge in [0.15, 0.2) is 0 Å². The molecule has 20 heavy (non-hydrogen) atoms. The van der Waals surface area contributed by atoms with E-state index in [2.05, 4.69) is 10.7 Å². The zero-order valence-corrected chi connectivity index (χ0v) is 12.2. The summed E-state index contributed by atoms with van der Waals surface area (Å²) in [5.74, 6) is 5.04. The molecule has 104 valence electrons. The first kappa shape index (κ1) is 14.7. The van der Waals surface area contributed by atoms with Crippen LogP contribution in [0.25, 0.3) is 0 Å². The second-order valence-corrected chi connectivity index (χ2v) is 5.12. The predicted molar refractivity (Wildman–Crippen MR) is 83.4 cm³/mol. The molecular formula is C14H13Cl2N3O. The molecule has 0 atom stereocenters. The summed E-state index contributed by atoms with van der Waals surface area (Å²) < 4.78 is 0. The molecular weight excluding hydrogens is 297 g/mol. The lowest BCUT2D eigenvalue weighted by atomic mass is 10.1. The number of nitrogens with one attached hydrogen (secondary N) is 2. The first-order chi connectivity index (χ1) is 9.51. The number of rotatable bonds is 3. The number of hydrogen-bond donors (Lipinski definition) is 3. The van der Waals surface area contributed by atoms with Crippen molar-refractivity contribution in [3.05, 3.63) is 57.6 Å². The summed E-state index contributed by atoms with van der Waals surface area (Å²) in [6.07, 6.45) is 0. The van der Waals surface area contributed by atoms with Gasteiger partial charge >= 0.3 is 0 Å². The monoisotopic (exact) mass is 309 g/mol. The lowest BCUT2D eigenvalue weighted by Crippen LogP contribution is -2.17. The van der Waals surface area contributed by atoms with Crippen LogP contribution in [0, 0.1) is 6.92 Å². The maximum Gasteiger partial charge on any atom is 0.257 e. The van der Waals surface area contributed by atoms with Gasteiger partial charge in [0.05, 0.1) is 22.0 Å². The minimum absolute atomic E-state index is 0.341. The Balaban J connectivity index is 2.30. The molecule has 0 spiro atoms. The standard InChI is InChI=1S/C14H13Cl2N3O/c1-8-2-4-13(11(16)6-8)18-14(20)10-7-9(15)3-5-12(10)19-17/h2-7,19H,17H2,1H3,(H,18,20). The van der Waals surface area contributed by atoms with Crippen molar-refractivity contribution in [3.8, 4) is 0 Å². The fourth-order valence-corrected chi connectivity index (χ4v) is 2.20. The first-order valence-corrected chi connectivity index (χ1v) is 6.60. The van der Waals surface area contributed by atoms with Crippen LogP contribution in [0.15, 0.2) is 36.4 Å². The number of carbonyl (C=O) groups is 1. The van der Waals surface area contributed by atoms with Gasteiger partial charge in [-0.15, -0.1) is 0 Å². The molecule has 0 bridgehead atoms. The van der Waals surface area contributed by atoms with E-state index in [1.54, 1.807) is 24.3 Å². The lowest BCUT2D eigenvalue weighted by molar-refractivity contribution is 0.102.